The SMILES string of the molecule is COC(=O)Cc1ccc2c(c1)C(=O)c1cc(/C=C/C(=O)OCC[Si](C)(C)C)ccc1CO2. The van der Waals surface area contributed by atoms with Crippen LogP contribution in [-0.4, -0.2) is 39.5 Å². The Morgan fingerprint density at radius 1 is 1.09 bits per heavy atom. The van der Waals surface area contributed by atoms with Crippen LogP contribution in [0.5, 0.6) is 5.75 Å². The quantitative estimate of drug-likeness (QED) is 0.352. The van der Waals surface area contributed by atoms with Crippen LogP contribution in [0.25, 0.3) is 6.08 Å². The second-order valence-corrected chi connectivity index (χ2v) is 14.6. The molecule has 0 saturated heterocycles. The van der Waals surface area contributed by atoms with Gasteiger partial charge in [0.25, 0.3) is 0 Å². The number of carbonyl (C=O) groups excluding carboxylic acids is 3. The van der Waals surface area contributed by atoms with Crippen LogP contribution in [0.4, 0.5) is 0 Å². The van der Waals surface area contributed by atoms with Crippen molar-refractivity contribution in [2.24, 2.45) is 0 Å². The van der Waals surface area contributed by atoms with E-state index in [-0.39, 0.29) is 24.8 Å². The van der Waals surface area contributed by atoms with Crippen molar-refractivity contribution in [2.75, 3.05) is 13.7 Å². The summed E-state index contributed by atoms with van der Waals surface area (Å²) in [5, 5.41) is 0. The Balaban J connectivity index is 1.78. The zero-order valence-corrected chi connectivity index (χ0v) is 19.9. The maximum atomic E-state index is 13.3. The normalized spacial score (nSPS) is 13.1. The first kappa shape index (κ1) is 23.5. The molecule has 0 fully saturated rings. The van der Waals surface area contributed by atoms with Crippen LogP contribution < -0.4 is 4.74 Å². The number of hydrogen-bond donors (Lipinski definition) is 0. The molecule has 1 heterocycles. The molecule has 1 aliphatic heterocycles. The molecule has 7 heteroatoms. The third-order valence-corrected chi connectivity index (χ3v) is 6.84. The molecule has 2 aromatic rings. The molecule has 0 radical (unpaired) electrons. The lowest BCUT2D eigenvalue weighted by molar-refractivity contribution is -0.140. The number of benzene rings is 2. The number of rotatable bonds is 7. The van der Waals surface area contributed by atoms with Gasteiger partial charge in [-0.2, -0.15) is 0 Å². The summed E-state index contributed by atoms with van der Waals surface area (Å²) < 4.78 is 15.8. The molecule has 1 aliphatic rings. The van der Waals surface area contributed by atoms with Gasteiger partial charge < -0.3 is 14.2 Å². The molecule has 32 heavy (non-hydrogen) atoms. The first-order valence-corrected chi connectivity index (χ1v) is 14.2. The van der Waals surface area contributed by atoms with Gasteiger partial charge in [-0.05, 0) is 41.4 Å². The van der Waals surface area contributed by atoms with Gasteiger partial charge in [0.05, 0.1) is 25.7 Å². The first-order valence-electron chi connectivity index (χ1n) is 10.5. The van der Waals surface area contributed by atoms with Crippen LogP contribution in [0.1, 0.15) is 32.6 Å². The van der Waals surface area contributed by atoms with Gasteiger partial charge in [0.2, 0.25) is 0 Å². The van der Waals surface area contributed by atoms with E-state index >= 15 is 0 Å². The summed E-state index contributed by atoms with van der Waals surface area (Å²) in [5.41, 5.74) is 3.06. The van der Waals surface area contributed by atoms with Crippen molar-refractivity contribution in [3.05, 3.63) is 70.3 Å². The summed E-state index contributed by atoms with van der Waals surface area (Å²) >= 11 is 0. The fourth-order valence-corrected chi connectivity index (χ4v) is 3.95. The summed E-state index contributed by atoms with van der Waals surface area (Å²) in [6, 6.07) is 11.4. The van der Waals surface area contributed by atoms with E-state index in [1.54, 1.807) is 30.3 Å². The van der Waals surface area contributed by atoms with E-state index in [1.165, 1.54) is 13.2 Å². The zero-order chi connectivity index (χ0) is 23.3. The Labute approximate surface area is 189 Å². The number of carbonyl (C=O) groups is 3. The third kappa shape index (κ3) is 6.17. The molecule has 0 saturated carbocycles. The minimum Gasteiger partial charge on any atom is -0.488 e. The van der Waals surface area contributed by atoms with Crippen LogP contribution in [-0.2, 0) is 32.1 Å². The predicted molar refractivity (Wildman–Crippen MR) is 125 cm³/mol. The van der Waals surface area contributed by atoms with Crippen molar-refractivity contribution < 1.29 is 28.6 Å². The number of esters is 2. The molecular weight excluding hydrogens is 424 g/mol. The second kappa shape index (κ2) is 9.95. The largest absolute Gasteiger partial charge is 0.488 e. The summed E-state index contributed by atoms with van der Waals surface area (Å²) in [6.07, 6.45) is 3.10. The van der Waals surface area contributed by atoms with Gasteiger partial charge in [-0.3, -0.25) is 9.59 Å². The average molecular weight is 453 g/mol. The first-order chi connectivity index (χ1) is 15.2. The monoisotopic (exact) mass is 452 g/mol. The summed E-state index contributed by atoms with van der Waals surface area (Å²) in [7, 11) is 0.0661. The van der Waals surface area contributed by atoms with E-state index in [4.69, 9.17) is 14.2 Å². The highest BCUT2D eigenvalue weighted by atomic mass is 28.3. The highest BCUT2D eigenvalue weighted by Gasteiger charge is 2.23. The van der Waals surface area contributed by atoms with Crippen LogP contribution in [0, 0.1) is 0 Å². The van der Waals surface area contributed by atoms with Gasteiger partial charge in [0.15, 0.2) is 5.78 Å². The molecule has 0 spiro atoms. The molecule has 0 amide bonds. The minimum absolute atomic E-state index is 0.0759. The van der Waals surface area contributed by atoms with Gasteiger partial charge in [-0.25, -0.2) is 4.79 Å². The standard InChI is InChI=1S/C25H28O6Si/c1-29-24(27)15-18-6-9-22-21(14-18)25(28)20-13-17(5-8-19(20)16-31-22)7-10-23(26)30-11-12-32(2,3)4/h5-10,13-14H,11-12,15-16H2,1-4H3/b10-7+. The fourth-order valence-electron chi connectivity index (χ4n) is 3.23. The maximum Gasteiger partial charge on any atom is 0.330 e. The summed E-state index contributed by atoms with van der Waals surface area (Å²) in [4.78, 5) is 36.9. The summed E-state index contributed by atoms with van der Waals surface area (Å²) in [6.45, 7) is 7.35. The molecule has 168 valence electrons. The Kier molecular flexibility index (Phi) is 7.30. The smallest absolute Gasteiger partial charge is 0.330 e. The Morgan fingerprint density at radius 2 is 1.88 bits per heavy atom. The van der Waals surface area contributed by atoms with E-state index in [1.807, 2.05) is 12.1 Å². The Morgan fingerprint density at radius 3 is 2.59 bits per heavy atom. The van der Waals surface area contributed by atoms with E-state index < -0.39 is 14.0 Å². The van der Waals surface area contributed by atoms with Crippen LogP contribution in [0.3, 0.4) is 0 Å². The van der Waals surface area contributed by atoms with Crippen LogP contribution >= 0.6 is 0 Å². The van der Waals surface area contributed by atoms with Crippen molar-refractivity contribution in [3.63, 3.8) is 0 Å². The number of methoxy groups -OCH3 is 1. The van der Waals surface area contributed by atoms with Crippen molar-refractivity contribution in [1.82, 2.24) is 0 Å². The van der Waals surface area contributed by atoms with E-state index in [0.717, 1.165) is 11.6 Å². The molecule has 0 unspecified atom stereocenters. The second-order valence-electron chi connectivity index (χ2n) is 8.93. The van der Waals surface area contributed by atoms with E-state index in [2.05, 4.69) is 19.6 Å². The number of ketones is 1. The van der Waals surface area contributed by atoms with Gasteiger partial charge in [0, 0.05) is 25.3 Å². The fraction of sp³-hybridized carbons (Fsp3) is 0.320. The molecular formula is C25H28O6Si. The van der Waals surface area contributed by atoms with Gasteiger partial charge in [0.1, 0.15) is 12.4 Å². The zero-order valence-electron chi connectivity index (χ0n) is 18.9. The topological polar surface area (TPSA) is 78.9 Å². The number of fused-ring (bicyclic) bond motifs is 2. The van der Waals surface area contributed by atoms with E-state index in [0.29, 0.717) is 34.6 Å². The Bertz CT molecular complexity index is 1060. The molecule has 2 aromatic carbocycles. The molecule has 3 rings (SSSR count). The van der Waals surface area contributed by atoms with E-state index in [9.17, 15) is 14.4 Å². The maximum absolute atomic E-state index is 13.3. The average Bonchev–Trinajstić information content (AvgIpc) is 2.88. The lowest BCUT2D eigenvalue weighted by Crippen LogP contribution is -2.22. The molecule has 0 N–H and O–H groups in total. The third-order valence-electron chi connectivity index (χ3n) is 5.13. The minimum atomic E-state index is -1.26. The molecule has 6 nitrogen and oxygen atoms in total. The number of hydrogen-bond acceptors (Lipinski definition) is 6. The van der Waals surface area contributed by atoms with Crippen LogP contribution in [0.15, 0.2) is 42.5 Å². The van der Waals surface area contributed by atoms with Crippen molar-refractivity contribution in [2.45, 2.75) is 38.7 Å². The number of ether oxygens (including phenoxy) is 3. The highest BCUT2D eigenvalue weighted by Crippen LogP contribution is 2.30. The highest BCUT2D eigenvalue weighted by molar-refractivity contribution is 6.76. The lowest BCUT2D eigenvalue weighted by Gasteiger charge is -2.14. The molecule has 0 atom stereocenters. The van der Waals surface area contributed by atoms with Crippen molar-refractivity contribution in [1.29, 1.82) is 0 Å². The lowest BCUT2D eigenvalue weighted by atomic mass is 9.95. The van der Waals surface area contributed by atoms with Gasteiger partial charge in [-0.1, -0.05) is 37.8 Å². The van der Waals surface area contributed by atoms with Gasteiger partial charge in [-0.15, -0.1) is 0 Å². The molecule has 0 aromatic heterocycles. The predicted octanol–water partition coefficient (Wildman–Crippen LogP) is 4.42. The van der Waals surface area contributed by atoms with Crippen molar-refractivity contribution >= 4 is 31.9 Å². The van der Waals surface area contributed by atoms with Crippen LogP contribution in [0.2, 0.25) is 25.7 Å². The van der Waals surface area contributed by atoms with Crippen molar-refractivity contribution in [3.8, 4) is 5.75 Å². The molecule has 0 bridgehead atoms. The Hall–Kier alpha value is -3.19. The molecule has 0 aliphatic carbocycles. The van der Waals surface area contributed by atoms with Gasteiger partial charge >= 0.3 is 11.9 Å². The summed E-state index contributed by atoms with van der Waals surface area (Å²) in [5.74, 6) is -0.489.